The largest absolute Gasteiger partial charge is 0.395 e. The van der Waals surface area contributed by atoms with E-state index in [4.69, 9.17) is 5.11 Å². The van der Waals surface area contributed by atoms with E-state index in [1.165, 1.54) is 0 Å². The number of carbonyl (C=O) groups excluding carboxylic acids is 1. The van der Waals surface area contributed by atoms with E-state index in [0.717, 1.165) is 19.3 Å². The molecular formula is C12H23NO2. The van der Waals surface area contributed by atoms with Crippen molar-refractivity contribution in [2.24, 2.45) is 5.41 Å². The highest BCUT2D eigenvalue weighted by atomic mass is 16.3. The number of carbonyl (C=O) groups is 1. The zero-order chi connectivity index (χ0) is 11.5. The van der Waals surface area contributed by atoms with E-state index in [0.29, 0.717) is 13.0 Å². The van der Waals surface area contributed by atoms with Crippen molar-refractivity contribution in [1.82, 2.24) is 4.90 Å². The summed E-state index contributed by atoms with van der Waals surface area (Å²) >= 11 is 0. The third-order valence-corrected chi connectivity index (χ3v) is 3.16. The summed E-state index contributed by atoms with van der Waals surface area (Å²) in [6.07, 6.45) is 3.82. The Balaban J connectivity index is 2.82. The zero-order valence-electron chi connectivity index (χ0n) is 10.1. The van der Waals surface area contributed by atoms with Gasteiger partial charge in [-0.3, -0.25) is 4.79 Å². The minimum atomic E-state index is 0.0678. The van der Waals surface area contributed by atoms with Crippen LogP contribution in [0, 0.1) is 5.41 Å². The van der Waals surface area contributed by atoms with Gasteiger partial charge in [0.15, 0.2) is 0 Å². The molecule has 3 nitrogen and oxygen atoms in total. The van der Waals surface area contributed by atoms with E-state index < -0.39 is 0 Å². The molecular weight excluding hydrogens is 190 g/mol. The molecule has 1 unspecified atom stereocenters. The SMILES string of the molecule is CC(C)(C)C1CCCCC(=O)N1CCO. The first-order valence-corrected chi connectivity index (χ1v) is 5.87. The van der Waals surface area contributed by atoms with Crippen LogP contribution in [0.2, 0.25) is 0 Å². The van der Waals surface area contributed by atoms with Crippen LogP contribution < -0.4 is 0 Å². The third kappa shape index (κ3) is 3.20. The second-order valence-electron chi connectivity index (χ2n) is 5.44. The van der Waals surface area contributed by atoms with Crippen LogP contribution >= 0.6 is 0 Å². The van der Waals surface area contributed by atoms with Crippen molar-refractivity contribution in [3.8, 4) is 0 Å². The Morgan fingerprint density at radius 2 is 2.07 bits per heavy atom. The van der Waals surface area contributed by atoms with Gasteiger partial charge in [0.2, 0.25) is 5.91 Å². The van der Waals surface area contributed by atoms with E-state index in [9.17, 15) is 4.79 Å². The van der Waals surface area contributed by atoms with Crippen LogP contribution in [0.3, 0.4) is 0 Å². The number of aliphatic hydroxyl groups is 1. The summed E-state index contributed by atoms with van der Waals surface area (Å²) in [6.45, 7) is 7.06. The molecule has 0 aromatic rings. The predicted octanol–water partition coefficient (Wildman–Crippen LogP) is 1.80. The Bertz CT molecular complexity index is 220. The molecule has 1 amide bonds. The first-order valence-electron chi connectivity index (χ1n) is 5.87. The molecule has 1 aliphatic rings. The van der Waals surface area contributed by atoms with Gasteiger partial charge in [0.05, 0.1) is 6.61 Å². The molecule has 15 heavy (non-hydrogen) atoms. The summed E-state index contributed by atoms with van der Waals surface area (Å²) in [5.74, 6) is 0.210. The lowest BCUT2D eigenvalue weighted by Crippen LogP contribution is -2.47. The number of hydrogen-bond donors (Lipinski definition) is 1. The first-order chi connectivity index (χ1) is 6.96. The van der Waals surface area contributed by atoms with Gasteiger partial charge in [-0.15, -0.1) is 0 Å². The molecule has 88 valence electrons. The predicted molar refractivity (Wildman–Crippen MR) is 60.5 cm³/mol. The maximum Gasteiger partial charge on any atom is 0.222 e. The van der Waals surface area contributed by atoms with E-state index in [1.54, 1.807) is 0 Å². The number of hydrogen-bond acceptors (Lipinski definition) is 2. The number of β-amino-alcohol motifs (C(OH)–C–C–N with tert-alkyl or cyclic N) is 1. The lowest BCUT2D eigenvalue weighted by Gasteiger charge is -2.39. The van der Waals surface area contributed by atoms with Crippen LogP contribution in [-0.4, -0.2) is 35.1 Å². The van der Waals surface area contributed by atoms with E-state index >= 15 is 0 Å². The van der Waals surface area contributed by atoms with E-state index in [2.05, 4.69) is 20.8 Å². The maximum atomic E-state index is 11.9. The fourth-order valence-corrected chi connectivity index (χ4v) is 2.38. The zero-order valence-corrected chi connectivity index (χ0v) is 10.1. The molecule has 0 bridgehead atoms. The summed E-state index contributed by atoms with van der Waals surface area (Å²) in [5.41, 5.74) is 0.106. The maximum absolute atomic E-state index is 11.9. The molecule has 3 heteroatoms. The van der Waals surface area contributed by atoms with Crippen molar-refractivity contribution >= 4 is 5.91 Å². The topological polar surface area (TPSA) is 40.5 Å². The van der Waals surface area contributed by atoms with Crippen molar-refractivity contribution in [3.05, 3.63) is 0 Å². The van der Waals surface area contributed by atoms with Gasteiger partial charge in [0.25, 0.3) is 0 Å². The summed E-state index contributed by atoms with van der Waals surface area (Å²) in [7, 11) is 0. The number of rotatable bonds is 2. The molecule has 0 aliphatic carbocycles. The van der Waals surface area contributed by atoms with Crippen LogP contribution in [0.4, 0.5) is 0 Å². The van der Waals surface area contributed by atoms with Crippen LogP contribution in [0.1, 0.15) is 46.5 Å². The summed E-state index contributed by atoms with van der Waals surface area (Å²) in [4.78, 5) is 13.8. The van der Waals surface area contributed by atoms with Crippen LogP contribution in [0.5, 0.6) is 0 Å². The fourth-order valence-electron chi connectivity index (χ4n) is 2.38. The molecule has 0 aromatic heterocycles. The standard InChI is InChI=1S/C12H23NO2/c1-12(2,3)10-6-4-5-7-11(15)13(10)8-9-14/h10,14H,4-9H2,1-3H3. The summed E-state index contributed by atoms with van der Waals surface area (Å²) < 4.78 is 0. The van der Waals surface area contributed by atoms with Crippen molar-refractivity contribution < 1.29 is 9.90 Å². The third-order valence-electron chi connectivity index (χ3n) is 3.16. The number of amides is 1. The number of nitrogens with zero attached hydrogens (tertiary/aromatic N) is 1. The van der Waals surface area contributed by atoms with Gasteiger partial charge in [0.1, 0.15) is 0 Å². The van der Waals surface area contributed by atoms with Gasteiger partial charge in [0, 0.05) is 19.0 Å². The highest BCUT2D eigenvalue weighted by molar-refractivity contribution is 5.76. The van der Waals surface area contributed by atoms with E-state index in [1.807, 2.05) is 4.90 Å². The Labute approximate surface area is 92.5 Å². The number of aliphatic hydroxyl groups excluding tert-OH is 1. The monoisotopic (exact) mass is 213 g/mol. The van der Waals surface area contributed by atoms with Crippen molar-refractivity contribution in [1.29, 1.82) is 0 Å². The van der Waals surface area contributed by atoms with Gasteiger partial charge in [-0.25, -0.2) is 0 Å². The second-order valence-corrected chi connectivity index (χ2v) is 5.44. The Morgan fingerprint density at radius 3 is 2.60 bits per heavy atom. The van der Waals surface area contributed by atoms with Gasteiger partial charge in [-0.05, 0) is 18.3 Å². The molecule has 1 aliphatic heterocycles. The van der Waals surface area contributed by atoms with Gasteiger partial charge in [-0.2, -0.15) is 0 Å². The smallest absolute Gasteiger partial charge is 0.222 e. The minimum Gasteiger partial charge on any atom is -0.395 e. The minimum absolute atomic E-state index is 0.0678. The highest BCUT2D eigenvalue weighted by Gasteiger charge is 2.33. The first kappa shape index (κ1) is 12.5. The van der Waals surface area contributed by atoms with Crippen molar-refractivity contribution in [3.63, 3.8) is 0 Å². The summed E-state index contributed by atoms with van der Waals surface area (Å²) in [6, 6.07) is 0.277. The number of likely N-dealkylation sites (tertiary alicyclic amines) is 1. The lowest BCUT2D eigenvalue weighted by molar-refractivity contribution is -0.135. The molecule has 1 fully saturated rings. The highest BCUT2D eigenvalue weighted by Crippen LogP contribution is 2.31. The molecule has 1 rings (SSSR count). The summed E-state index contributed by atoms with van der Waals surface area (Å²) in [5, 5.41) is 9.02. The van der Waals surface area contributed by atoms with Gasteiger partial charge >= 0.3 is 0 Å². The van der Waals surface area contributed by atoms with Crippen LogP contribution in [0.25, 0.3) is 0 Å². The van der Waals surface area contributed by atoms with Crippen LogP contribution in [-0.2, 0) is 4.79 Å². The molecule has 0 spiro atoms. The molecule has 1 heterocycles. The normalized spacial score (nSPS) is 24.1. The molecule has 0 radical (unpaired) electrons. The Hall–Kier alpha value is -0.570. The van der Waals surface area contributed by atoms with Crippen molar-refractivity contribution in [2.75, 3.05) is 13.2 Å². The average Bonchev–Trinajstić information content (AvgIpc) is 2.29. The molecule has 1 saturated heterocycles. The fraction of sp³-hybridized carbons (Fsp3) is 0.917. The lowest BCUT2D eigenvalue weighted by atomic mass is 9.83. The molecule has 0 aromatic carbocycles. The molecule has 1 N–H and O–H groups in total. The molecule has 0 saturated carbocycles. The van der Waals surface area contributed by atoms with Crippen LogP contribution in [0.15, 0.2) is 0 Å². The quantitative estimate of drug-likeness (QED) is 0.760. The van der Waals surface area contributed by atoms with E-state index in [-0.39, 0.29) is 24.0 Å². The Kier molecular flexibility index (Phi) is 4.14. The Morgan fingerprint density at radius 1 is 1.40 bits per heavy atom. The molecule has 1 atom stereocenters. The van der Waals surface area contributed by atoms with Gasteiger partial charge in [-0.1, -0.05) is 27.2 Å². The van der Waals surface area contributed by atoms with Gasteiger partial charge < -0.3 is 10.0 Å². The van der Waals surface area contributed by atoms with Crippen molar-refractivity contribution in [2.45, 2.75) is 52.5 Å². The second kappa shape index (κ2) is 4.97. The average molecular weight is 213 g/mol.